The lowest BCUT2D eigenvalue weighted by Crippen LogP contribution is -2.40. The summed E-state index contributed by atoms with van der Waals surface area (Å²) in [4.78, 5) is 24.3. The Hall–Kier alpha value is -1.15. The van der Waals surface area contributed by atoms with E-state index in [0.717, 1.165) is 5.69 Å². The summed E-state index contributed by atoms with van der Waals surface area (Å²) in [6.45, 7) is 1.95. The number of rotatable bonds is 6. The van der Waals surface area contributed by atoms with Gasteiger partial charge < -0.3 is 20.1 Å². The normalized spacial score (nSPS) is 15.3. The summed E-state index contributed by atoms with van der Waals surface area (Å²) in [5, 5.41) is 5.61. The number of halogens is 2. The van der Waals surface area contributed by atoms with E-state index in [-0.39, 0.29) is 28.1 Å². The number of benzene rings is 1. The maximum Gasteiger partial charge on any atom is 0.254 e. The Balaban J connectivity index is 2.07. The highest BCUT2D eigenvalue weighted by Gasteiger charge is 2.22. The van der Waals surface area contributed by atoms with E-state index in [1.807, 2.05) is 0 Å². The summed E-state index contributed by atoms with van der Waals surface area (Å²) in [5.74, 6) is 0.835. The highest BCUT2D eigenvalue weighted by Crippen LogP contribution is 2.31. The molecule has 2 amide bonds. The van der Waals surface area contributed by atoms with Crippen molar-refractivity contribution in [3.05, 3.63) is 27.7 Å². The van der Waals surface area contributed by atoms with E-state index in [2.05, 4.69) is 15.5 Å². The molecule has 0 saturated carbocycles. The minimum Gasteiger partial charge on any atom is -0.616 e. The van der Waals surface area contributed by atoms with Crippen LogP contribution in [0.15, 0.2) is 12.1 Å². The van der Waals surface area contributed by atoms with E-state index >= 15 is 0 Å². The average molecular weight is 378 g/mol. The quantitative estimate of drug-likeness (QED) is 0.440. The fraction of sp³-hybridized carbons (Fsp3) is 0.429. The Bertz CT molecular complexity index is 557. The summed E-state index contributed by atoms with van der Waals surface area (Å²) < 4.78 is 11.4. The molecule has 1 aliphatic rings. The van der Waals surface area contributed by atoms with Gasteiger partial charge in [-0.2, -0.15) is 0 Å². The van der Waals surface area contributed by atoms with Crippen LogP contribution in [0, 0.1) is 0 Å². The number of carbonyl (C=O) groups excluding carboxylic acids is 2. The Morgan fingerprint density at radius 2 is 1.87 bits per heavy atom. The average Bonchev–Trinajstić information content (AvgIpc) is 2.51. The first kappa shape index (κ1) is 18.2. The van der Waals surface area contributed by atoms with E-state index < -0.39 is 11.2 Å². The molecule has 9 heteroatoms. The summed E-state index contributed by atoms with van der Waals surface area (Å²) in [6.07, 6.45) is 0.562. The van der Waals surface area contributed by atoms with Gasteiger partial charge in [0.15, 0.2) is 0 Å². The van der Waals surface area contributed by atoms with Crippen LogP contribution in [0.4, 0.5) is 5.69 Å². The van der Waals surface area contributed by atoms with Crippen molar-refractivity contribution in [1.82, 2.24) is 10.6 Å². The predicted molar refractivity (Wildman–Crippen MR) is 93.0 cm³/mol. The number of anilines is 1. The Morgan fingerprint density at radius 3 is 2.43 bits per heavy atom. The topological polar surface area (TPSA) is 84.5 Å². The maximum atomic E-state index is 12.1. The van der Waals surface area contributed by atoms with Gasteiger partial charge in [0.1, 0.15) is 11.5 Å². The molecule has 1 aromatic carbocycles. The first-order valence-electron chi connectivity index (χ1n) is 7.07. The molecule has 6 nitrogen and oxygen atoms in total. The van der Waals surface area contributed by atoms with Crippen LogP contribution in [0.1, 0.15) is 10.4 Å². The van der Waals surface area contributed by atoms with Gasteiger partial charge in [0, 0.05) is 18.8 Å². The van der Waals surface area contributed by atoms with E-state index in [1.54, 1.807) is 12.1 Å². The molecule has 1 aromatic rings. The van der Waals surface area contributed by atoms with Crippen molar-refractivity contribution in [2.45, 2.75) is 0 Å². The monoisotopic (exact) mass is 377 g/mol. The van der Waals surface area contributed by atoms with E-state index in [9.17, 15) is 14.1 Å². The third-order valence-electron chi connectivity index (χ3n) is 3.44. The first-order valence-corrected chi connectivity index (χ1v) is 9.31. The zero-order chi connectivity index (χ0) is 16.8. The standard InChI is InChI=1S/C14H17Cl2N3O3S/c15-11-7-10(19-3-5-23(22)6-4-19)8-12(16)13(11)14(21)18-2-1-17-9-20/h7-9H,1-6H2,(H,17,20)(H,18,21). The van der Waals surface area contributed by atoms with Gasteiger partial charge in [0.25, 0.3) is 5.91 Å². The predicted octanol–water partition coefficient (Wildman–Crippen LogP) is 1.04. The van der Waals surface area contributed by atoms with Gasteiger partial charge in [0.05, 0.1) is 28.7 Å². The van der Waals surface area contributed by atoms with Crippen LogP contribution >= 0.6 is 23.2 Å². The molecule has 2 N–H and O–H groups in total. The molecule has 0 radical (unpaired) electrons. The number of carbonyl (C=O) groups is 2. The van der Waals surface area contributed by atoms with Crippen LogP contribution in [0.2, 0.25) is 10.0 Å². The molecule has 1 heterocycles. The number of amides is 2. The summed E-state index contributed by atoms with van der Waals surface area (Å²) in [6, 6.07) is 3.39. The second-order valence-electron chi connectivity index (χ2n) is 4.95. The Kier molecular flexibility index (Phi) is 6.83. The second kappa shape index (κ2) is 8.63. The molecule has 0 atom stereocenters. The number of hydrogen-bond donors (Lipinski definition) is 2. The Morgan fingerprint density at radius 1 is 1.26 bits per heavy atom. The third-order valence-corrected chi connectivity index (χ3v) is 5.31. The fourth-order valence-electron chi connectivity index (χ4n) is 2.25. The van der Waals surface area contributed by atoms with Gasteiger partial charge in [-0.3, -0.25) is 9.59 Å². The van der Waals surface area contributed by atoms with Gasteiger partial charge in [-0.25, -0.2) is 0 Å². The van der Waals surface area contributed by atoms with Gasteiger partial charge >= 0.3 is 0 Å². The molecule has 1 aliphatic heterocycles. The highest BCUT2D eigenvalue weighted by molar-refractivity contribution is 7.91. The van der Waals surface area contributed by atoms with E-state index in [0.29, 0.717) is 37.6 Å². The molecule has 23 heavy (non-hydrogen) atoms. The maximum absolute atomic E-state index is 12.1. The number of nitrogens with zero attached hydrogens (tertiary/aromatic N) is 1. The van der Waals surface area contributed by atoms with Crippen LogP contribution in [-0.2, 0) is 16.0 Å². The zero-order valence-electron chi connectivity index (χ0n) is 12.3. The molecule has 1 fully saturated rings. The van der Waals surface area contributed by atoms with Crippen molar-refractivity contribution in [2.24, 2.45) is 0 Å². The largest absolute Gasteiger partial charge is 0.616 e. The molecule has 2 rings (SSSR count). The summed E-state index contributed by atoms with van der Waals surface area (Å²) in [5.41, 5.74) is 1.03. The van der Waals surface area contributed by atoms with Crippen LogP contribution in [0.3, 0.4) is 0 Å². The Labute approximate surface area is 147 Å². The van der Waals surface area contributed by atoms with Crippen molar-refractivity contribution in [2.75, 3.05) is 42.6 Å². The SMILES string of the molecule is O=CNCCNC(=O)c1c(Cl)cc(N2CC[S+]([O-])CC2)cc1Cl. The van der Waals surface area contributed by atoms with Crippen LogP contribution in [0.5, 0.6) is 0 Å². The molecule has 0 bridgehead atoms. The van der Waals surface area contributed by atoms with Crippen molar-refractivity contribution < 1.29 is 14.1 Å². The second-order valence-corrected chi connectivity index (χ2v) is 7.46. The minimum atomic E-state index is -0.765. The first-order chi connectivity index (χ1) is 11.0. The highest BCUT2D eigenvalue weighted by atomic mass is 35.5. The molecule has 0 spiro atoms. The van der Waals surface area contributed by atoms with Crippen LogP contribution < -0.4 is 15.5 Å². The fourth-order valence-corrected chi connectivity index (χ4v) is 3.95. The zero-order valence-corrected chi connectivity index (χ0v) is 14.6. The smallest absolute Gasteiger partial charge is 0.254 e. The van der Waals surface area contributed by atoms with Crippen LogP contribution in [0.25, 0.3) is 0 Å². The van der Waals surface area contributed by atoms with Crippen molar-refractivity contribution in [3.63, 3.8) is 0 Å². The van der Waals surface area contributed by atoms with Gasteiger partial charge in [0.2, 0.25) is 6.41 Å². The third kappa shape index (κ3) is 4.91. The van der Waals surface area contributed by atoms with Crippen molar-refractivity contribution in [3.8, 4) is 0 Å². The van der Waals surface area contributed by atoms with Gasteiger partial charge in [-0.05, 0) is 12.1 Å². The number of nitrogens with one attached hydrogen (secondary N) is 2. The van der Waals surface area contributed by atoms with Crippen molar-refractivity contribution in [1.29, 1.82) is 0 Å². The van der Waals surface area contributed by atoms with Crippen molar-refractivity contribution >= 4 is 52.4 Å². The van der Waals surface area contributed by atoms with Gasteiger partial charge in [-0.1, -0.05) is 34.4 Å². The summed E-state index contributed by atoms with van der Waals surface area (Å²) in [7, 11) is 0. The van der Waals surface area contributed by atoms with Gasteiger partial charge in [-0.15, -0.1) is 0 Å². The van der Waals surface area contributed by atoms with E-state index in [1.165, 1.54) is 0 Å². The molecule has 1 saturated heterocycles. The lowest BCUT2D eigenvalue weighted by atomic mass is 10.1. The van der Waals surface area contributed by atoms with Crippen LogP contribution in [-0.4, -0.2) is 54.6 Å². The minimum absolute atomic E-state index is 0.212. The number of hydrogen-bond acceptors (Lipinski definition) is 4. The summed E-state index contributed by atoms with van der Waals surface area (Å²) >= 11 is 11.7. The lowest BCUT2D eigenvalue weighted by molar-refractivity contribution is -0.109. The van der Waals surface area contributed by atoms with E-state index in [4.69, 9.17) is 23.2 Å². The molecule has 0 unspecified atom stereocenters. The molecule has 0 aliphatic carbocycles. The molecular formula is C14H17Cl2N3O3S. The molecule has 126 valence electrons. The molecular weight excluding hydrogens is 361 g/mol. The lowest BCUT2D eigenvalue weighted by Gasteiger charge is -2.30. The molecule has 0 aromatic heterocycles.